The van der Waals surface area contributed by atoms with E-state index >= 15 is 0 Å². The molecule has 0 saturated heterocycles. The zero-order chi connectivity index (χ0) is 19.3. The summed E-state index contributed by atoms with van der Waals surface area (Å²) in [4.78, 5) is 0. The molecule has 0 aliphatic heterocycles. The largest absolute Gasteiger partial charge is 0.461 e. The number of rotatable bonds is 9. The fourth-order valence-electron chi connectivity index (χ4n) is 3.68. The summed E-state index contributed by atoms with van der Waals surface area (Å²) in [5, 5.41) is 21.2. The summed E-state index contributed by atoms with van der Waals surface area (Å²) < 4.78 is 12.4. The Kier molecular flexibility index (Phi) is 7.23. The van der Waals surface area contributed by atoms with Crippen LogP contribution in [0.3, 0.4) is 0 Å². The lowest BCUT2D eigenvalue weighted by Gasteiger charge is -2.38. The van der Waals surface area contributed by atoms with Crippen LogP contribution in [0.5, 0.6) is 0 Å². The lowest BCUT2D eigenvalue weighted by Crippen LogP contribution is -2.55. The topological polar surface area (TPSA) is 62.8 Å². The first-order valence-electron chi connectivity index (χ1n) is 9.47. The van der Waals surface area contributed by atoms with E-state index in [2.05, 4.69) is 52.0 Å². The van der Waals surface area contributed by atoms with Gasteiger partial charge in [0, 0.05) is 0 Å². The molecule has 5 heteroatoms. The van der Waals surface area contributed by atoms with Crippen LogP contribution >= 0.6 is 0 Å². The standard InChI is InChI=1S/C21H32O4Si/c1-6-19(22)21(23)20-13-12-17(25-20)14-24-26(15(2)3,16(4)5)18-10-8-7-9-11-18/h7-13,15-16,19,21-23H,6,14H2,1-5H3/t19-,21+/m1/s1. The summed E-state index contributed by atoms with van der Waals surface area (Å²) >= 11 is 0. The Morgan fingerprint density at radius 2 is 1.58 bits per heavy atom. The van der Waals surface area contributed by atoms with Crippen molar-refractivity contribution in [3.63, 3.8) is 0 Å². The maximum Gasteiger partial charge on any atom is 0.229 e. The van der Waals surface area contributed by atoms with Crippen LogP contribution < -0.4 is 5.19 Å². The van der Waals surface area contributed by atoms with Gasteiger partial charge in [0.25, 0.3) is 0 Å². The van der Waals surface area contributed by atoms with E-state index in [1.54, 1.807) is 6.07 Å². The first-order valence-corrected chi connectivity index (χ1v) is 11.5. The van der Waals surface area contributed by atoms with Crippen molar-refractivity contribution in [2.45, 2.75) is 70.9 Å². The van der Waals surface area contributed by atoms with Crippen LogP contribution in [0.4, 0.5) is 0 Å². The van der Waals surface area contributed by atoms with Gasteiger partial charge in [0.2, 0.25) is 8.32 Å². The minimum absolute atomic E-state index is 0.367. The van der Waals surface area contributed by atoms with Gasteiger partial charge in [0.15, 0.2) is 0 Å². The van der Waals surface area contributed by atoms with Crippen molar-refractivity contribution in [1.29, 1.82) is 0 Å². The third kappa shape index (κ3) is 4.28. The second-order valence-corrected chi connectivity index (χ2v) is 12.2. The van der Waals surface area contributed by atoms with Gasteiger partial charge in [0.05, 0.1) is 12.7 Å². The molecule has 2 rings (SSSR count). The highest BCUT2D eigenvalue weighted by molar-refractivity contribution is 6.88. The molecule has 0 unspecified atom stereocenters. The van der Waals surface area contributed by atoms with Gasteiger partial charge in [-0.25, -0.2) is 0 Å². The van der Waals surface area contributed by atoms with Crippen molar-refractivity contribution in [1.82, 2.24) is 0 Å². The first kappa shape index (κ1) is 20.9. The molecule has 0 aliphatic rings. The molecule has 2 aromatic rings. The van der Waals surface area contributed by atoms with Crippen molar-refractivity contribution >= 4 is 13.5 Å². The first-order chi connectivity index (χ1) is 12.3. The van der Waals surface area contributed by atoms with Gasteiger partial charge < -0.3 is 19.1 Å². The molecule has 4 nitrogen and oxygen atoms in total. The Bertz CT molecular complexity index is 658. The number of aliphatic hydroxyl groups excluding tert-OH is 2. The van der Waals surface area contributed by atoms with Crippen LogP contribution in [0.25, 0.3) is 0 Å². The molecule has 144 valence electrons. The molecule has 0 radical (unpaired) electrons. The minimum Gasteiger partial charge on any atom is -0.461 e. The second-order valence-electron chi connectivity index (χ2n) is 7.48. The summed E-state index contributed by atoms with van der Waals surface area (Å²) in [6, 6.07) is 14.0. The quantitative estimate of drug-likeness (QED) is 0.642. The van der Waals surface area contributed by atoms with Gasteiger partial charge in [-0.3, -0.25) is 0 Å². The summed E-state index contributed by atoms with van der Waals surface area (Å²) in [5.74, 6) is 1.07. The monoisotopic (exact) mass is 376 g/mol. The number of hydrogen-bond acceptors (Lipinski definition) is 4. The van der Waals surface area contributed by atoms with Crippen molar-refractivity contribution in [2.24, 2.45) is 0 Å². The normalized spacial score (nSPS) is 14.8. The highest BCUT2D eigenvalue weighted by Gasteiger charge is 2.44. The van der Waals surface area contributed by atoms with Gasteiger partial charge in [-0.1, -0.05) is 65.0 Å². The van der Waals surface area contributed by atoms with E-state index in [4.69, 9.17) is 8.84 Å². The number of benzene rings is 1. The van der Waals surface area contributed by atoms with Crippen LogP contribution in [0.2, 0.25) is 11.1 Å². The van der Waals surface area contributed by atoms with Gasteiger partial charge in [-0.2, -0.15) is 0 Å². The molecule has 0 saturated carbocycles. The highest BCUT2D eigenvalue weighted by Crippen LogP contribution is 2.34. The van der Waals surface area contributed by atoms with E-state index in [9.17, 15) is 10.2 Å². The lowest BCUT2D eigenvalue weighted by atomic mass is 10.1. The van der Waals surface area contributed by atoms with E-state index in [1.165, 1.54) is 5.19 Å². The molecular weight excluding hydrogens is 344 g/mol. The Morgan fingerprint density at radius 3 is 2.12 bits per heavy atom. The van der Waals surface area contributed by atoms with Gasteiger partial charge >= 0.3 is 0 Å². The fourth-order valence-corrected chi connectivity index (χ4v) is 8.28. The number of furan rings is 1. The molecule has 0 aliphatic carbocycles. The molecule has 0 spiro atoms. The Morgan fingerprint density at radius 1 is 0.962 bits per heavy atom. The third-order valence-electron chi connectivity index (χ3n) is 5.15. The minimum atomic E-state index is -2.23. The average molecular weight is 377 g/mol. The zero-order valence-corrected chi connectivity index (χ0v) is 17.5. The van der Waals surface area contributed by atoms with Crippen molar-refractivity contribution in [3.8, 4) is 0 Å². The SMILES string of the molecule is CC[C@@H](O)[C@H](O)c1ccc(CO[Si](c2ccccc2)(C(C)C)C(C)C)o1. The predicted octanol–water partition coefficient (Wildman–Crippen LogP) is 4.27. The summed E-state index contributed by atoms with van der Waals surface area (Å²) in [7, 11) is -2.23. The van der Waals surface area contributed by atoms with Crippen LogP contribution in [0, 0.1) is 0 Å². The van der Waals surface area contributed by atoms with Gasteiger partial charge in [-0.05, 0) is 34.8 Å². The average Bonchev–Trinajstić information content (AvgIpc) is 3.10. The van der Waals surface area contributed by atoms with E-state index < -0.39 is 20.5 Å². The molecule has 2 atom stereocenters. The number of aliphatic hydroxyl groups is 2. The van der Waals surface area contributed by atoms with Crippen molar-refractivity contribution in [2.75, 3.05) is 0 Å². The Balaban J connectivity index is 2.22. The molecule has 26 heavy (non-hydrogen) atoms. The van der Waals surface area contributed by atoms with E-state index in [0.717, 1.165) is 0 Å². The van der Waals surface area contributed by atoms with E-state index in [1.807, 2.05) is 19.1 Å². The summed E-state index contributed by atoms with van der Waals surface area (Å²) in [6.07, 6.45) is -1.35. The lowest BCUT2D eigenvalue weighted by molar-refractivity contribution is 0.00261. The molecule has 0 bridgehead atoms. The molecule has 1 aromatic carbocycles. The summed E-state index contributed by atoms with van der Waals surface area (Å²) in [6.45, 7) is 11.1. The maximum absolute atomic E-state index is 10.1. The Labute approximate surface area is 158 Å². The summed E-state index contributed by atoms with van der Waals surface area (Å²) in [5.41, 5.74) is 0.818. The molecule has 0 fully saturated rings. The maximum atomic E-state index is 10.1. The van der Waals surface area contributed by atoms with Gasteiger partial charge in [-0.15, -0.1) is 0 Å². The molecular formula is C21H32O4Si. The Hall–Kier alpha value is -1.40. The highest BCUT2D eigenvalue weighted by atomic mass is 28.4. The van der Waals surface area contributed by atoms with Crippen LogP contribution in [-0.2, 0) is 11.0 Å². The fraction of sp³-hybridized carbons (Fsp3) is 0.524. The van der Waals surface area contributed by atoms with E-state index in [-0.39, 0.29) is 0 Å². The van der Waals surface area contributed by atoms with Crippen LogP contribution in [0.1, 0.15) is 58.7 Å². The van der Waals surface area contributed by atoms with Crippen molar-refractivity contribution in [3.05, 3.63) is 54.0 Å². The van der Waals surface area contributed by atoms with E-state index in [0.29, 0.717) is 35.6 Å². The zero-order valence-electron chi connectivity index (χ0n) is 16.5. The second kappa shape index (κ2) is 9.00. The number of hydrogen-bond donors (Lipinski definition) is 2. The third-order valence-corrected chi connectivity index (χ3v) is 10.4. The molecule has 1 aromatic heterocycles. The predicted molar refractivity (Wildman–Crippen MR) is 107 cm³/mol. The smallest absolute Gasteiger partial charge is 0.229 e. The molecule has 1 heterocycles. The molecule has 2 N–H and O–H groups in total. The van der Waals surface area contributed by atoms with Crippen molar-refractivity contribution < 1.29 is 19.1 Å². The molecule has 0 amide bonds. The van der Waals surface area contributed by atoms with Gasteiger partial charge in [0.1, 0.15) is 17.6 Å². The van der Waals surface area contributed by atoms with Crippen LogP contribution in [0.15, 0.2) is 46.9 Å². The van der Waals surface area contributed by atoms with Crippen LogP contribution in [-0.4, -0.2) is 24.6 Å².